The second kappa shape index (κ2) is 5.83. The molecule has 0 bridgehead atoms. The van der Waals surface area contributed by atoms with Crippen molar-refractivity contribution in [1.82, 2.24) is 24.7 Å². The van der Waals surface area contributed by atoms with Gasteiger partial charge < -0.3 is 14.6 Å². The van der Waals surface area contributed by atoms with Crippen LogP contribution in [0.1, 0.15) is 22.0 Å². The number of nitrogens with zero attached hydrogens (tertiary/aromatic N) is 5. The number of fused-ring (bicyclic) bond motifs is 1. The number of esters is 1. The highest BCUT2D eigenvalue weighted by molar-refractivity contribution is 5.93. The van der Waals surface area contributed by atoms with Gasteiger partial charge in [-0.2, -0.15) is 4.98 Å². The minimum absolute atomic E-state index is 0.166. The van der Waals surface area contributed by atoms with Crippen LogP contribution in [0.2, 0.25) is 0 Å². The molecule has 0 aliphatic rings. The molecular formula is C13H12N6O4. The van der Waals surface area contributed by atoms with E-state index < -0.39 is 18.5 Å². The van der Waals surface area contributed by atoms with Crippen LogP contribution in [0.5, 0.6) is 0 Å². The third-order valence-corrected chi connectivity index (χ3v) is 2.84. The van der Waals surface area contributed by atoms with Gasteiger partial charge in [0.1, 0.15) is 6.26 Å². The summed E-state index contributed by atoms with van der Waals surface area (Å²) in [4.78, 5) is 31.7. The van der Waals surface area contributed by atoms with E-state index in [0.29, 0.717) is 5.78 Å². The van der Waals surface area contributed by atoms with Crippen molar-refractivity contribution >= 4 is 23.5 Å². The van der Waals surface area contributed by atoms with Crippen LogP contribution in [0.25, 0.3) is 5.78 Å². The van der Waals surface area contributed by atoms with Crippen molar-refractivity contribution in [2.24, 2.45) is 0 Å². The molecule has 23 heavy (non-hydrogen) atoms. The molecule has 0 atom stereocenters. The molecule has 0 fully saturated rings. The number of hydrogen-bond acceptors (Lipinski definition) is 8. The minimum Gasteiger partial charge on any atom is -0.450 e. The number of anilines is 1. The fourth-order valence-electron chi connectivity index (χ4n) is 1.90. The van der Waals surface area contributed by atoms with Gasteiger partial charge in [0.05, 0.1) is 0 Å². The monoisotopic (exact) mass is 316 g/mol. The third kappa shape index (κ3) is 3.15. The lowest BCUT2D eigenvalue weighted by Gasteiger charge is -2.01. The van der Waals surface area contributed by atoms with E-state index in [4.69, 9.17) is 4.74 Å². The van der Waals surface area contributed by atoms with Crippen molar-refractivity contribution in [3.8, 4) is 0 Å². The first-order chi connectivity index (χ1) is 11.0. The second-order valence-corrected chi connectivity index (χ2v) is 4.70. The maximum Gasteiger partial charge on any atom is 0.378 e. The summed E-state index contributed by atoms with van der Waals surface area (Å²) in [6.07, 6.45) is 1.31. The van der Waals surface area contributed by atoms with Gasteiger partial charge >= 0.3 is 5.97 Å². The number of aryl methyl sites for hydroxylation is 2. The van der Waals surface area contributed by atoms with Crippen molar-refractivity contribution < 1.29 is 18.8 Å². The molecule has 1 amide bonds. The van der Waals surface area contributed by atoms with Crippen LogP contribution in [-0.4, -0.2) is 43.2 Å². The topological polar surface area (TPSA) is 125 Å². The minimum atomic E-state index is -0.817. The molecule has 0 aromatic carbocycles. The number of nitrogens with one attached hydrogen (secondary N) is 1. The number of ether oxygens (including phenoxy) is 1. The lowest BCUT2D eigenvalue weighted by atomic mass is 10.4. The van der Waals surface area contributed by atoms with Gasteiger partial charge in [-0.1, -0.05) is 5.16 Å². The molecule has 3 rings (SSSR count). The van der Waals surface area contributed by atoms with Gasteiger partial charge in [0.2, 0.25) is 0 Å². The highest BCUT2D eigenvalue weighted by Gasteiger charge is 2.18. The van der Waals surface area contributed by atoms with Gasteiger partial charge in [-0.3, -0.25) is 4.79 Å². The van der Waals surface area contributed by atoms with Gasteiger partial charge in [-0.05, 0) is 19.9 Å². The zero-order valence-corrected chi connectivity index (χ0v) is 12.3. The predicted molar refractivity (Wildman–Crippen MR) is 75.7 cm³/mol. The Labute approximate surface area is 129 Å². The largest absolute Gasteiger partial charge is 0.450 e. The average Bonchev–Trinajstić information content (AvgIpc) is 3.14. The Morgan fingerprint density at radius 3 is 2.91 bits per heavy atom. The molecule has 0 saturated carbocycles. The first kappa shape index (κ1) is 14.6. The Hall–Kier alpha value is -3.30. The van der Waals surface area contributed by atoms with E-state index in [0.717, 1.165) is 11.4 Å². The van der Waals surface area contributed by atoms with E-state index in [1.54, 1.807) is 0 Å². The molecule has 10 heteroatoms. The molecule has 0 unspecified atom stereocenters. The van der Waals surface area contributed by atoms with Crippen LogP contribution in [0, 0.1) is 13.8 Å². The van der Waals surface area contributed by atoms with Crippen molar-refractivity contribution in [2.45, 2.75) is 13.8 Å². The molecule has 3 aromatic heterocycles. The summed E-state index contributed by atoms with van der Waals surface area (Å²) in [6, 6.07) is 3.27. The summed E-state index contributed by atoms with van der Waals surface area (Å²) >= 11 is 0. The third-order valence-electron chi connectivity index (χ3n) is 2.84. The zero-order valence-electron chi connectivity index (χ0n) is 12.3. The quantitative estimate of drug-likeness (QED) is 0.691. The van der Waals surface area contributed by atoms with Crippen LogP contribution >= 0.6 is 0 Å². The summed E-state index contributed by atoms with van der Waals surface area (Å²) in [6.45, 7) is 3.14. The number of carbonyl (C=O) groups is 2. The predicted octanol–water partition coefficient (Wildman–Crippen LogP) is 0.525. The van der Waals surface area contributed by atoms with E-state index >= 15 is 0 Å². The van der Waals surface area contributed by atoms with Crippen molar-refractivity contribution in [2.75, 3.05) is 11.9 Å². The molecule has 1 N–H and O–H groups in total. The van der Waals surface area contributed by atoms with E-state index in [-0.39, 0.29) is 11.6 Å². The van der Waals surface area contributed by atoms with Crippen LogP contribution in [-0.2, 0) is 9.53 Å². The number of carbonyl (C=O) groups excluding carboxylic acids is 2. The fraction of sp³-hybridized carbons (Fsp3) is 0.231. The Morgan fingerprint density at radius 1 is 1.35 bits per heavy atom. The van der Waals surface area contributed by atoms with Crippen molar-refractivity contribution in [1.29, 1.82) is 0 Å². The van der Waals surface area contributed by atoms with Gasteiger partial charge in [-0.15, -0.1) is 5.10 Å². The molecule has 3 heterocycles. The zero-order chi connectivity index (χ0) is 16.4. The molecule has 0 radical (unpaired) electrons. The van der Waals surface area contributed by atoms with E-state index in [2.05, 4.69) is 30.1 Å². The normalized spacial score (nSPS) is 10.7. The second-order valence-electron chi connectivity index (χ2n) is 4.70. The molecule has 0 saturated heterocycles. The van der Waals surface area contributed by atoms with Crippen LogP contribution in [0.4, 0.5) is 5.82 Å². The smallest absolute Gasteiger partial charge is 0.378 e. The number of rotatable bonds is 4. The molecule has 118 valence electrons. The van der Waals surface area contributed by atoms with Gasteiger partial charge in [0.25, 0.3) is 17.5 Å². The van der Waals surface area contributed by atoms with E-state index in [1.165, 1.54) is 16.8 Å². The summed E-state index contributed by atoms with van der Waals surface area (Å²) in [7, 11) is 0. The van der Waals surface area contributed by atoms with Gasteiger partial charge in [0.15, 0.2) is 12.4 Å². The Morgan fingerprint density at radius 2 is 2.17 bits per heavy atom. The summed E-state index contributed by atoms with van der Waals surface area (Å²) in [5.74, 6) is -1.02. The van der Waals surface area contributed by atoms with E-state index in [1.807, 2.05) is 19.9 Å². The van der Waals surface area contributed by atoms with Gasteiger partial charge in [0, 0.05) is 17.5 Å². The molecule has 0 aliphatic carbocycles. The summed E-state index contributed by atoms with van der Waals surface area (Å²) in [5.41, 5.74) is 1.54. The van der Waals surface area contributed by atoms with Crippen LogP contribution in [0.15, 0.2) is 22.9 Å². The lowest BCUT2D eigenvalue weighted by Crippen LogP contribution is -2.21. The fourth-order valence-corrected chi connectivity index (χ4v) is 1.90. The highest BCUT2D eigenvalue weighted by atomic mass is 16.5. The number of aromatic nitrogens is 5. The molecule has 3 aromatic rings. The summed E-state index contributed by atoms with van der Waals surface area (Å²) in [5, 5.41) is 9.91. The first-order valence-electron chi connectivity index (χ1n) is 6.61. The molecule has 0 aliphatic heterocycles. The van der Waals surface area contributed by atoms with Crippen molar-refractivity contribution in [3.05, 3.63) is 35.6 Å². The standard InChI is InChI=1S/C13H12N6O4/c1-7-5-8(2)19-13(14-7)16-11(17-19)12(21)22-6-10(20)15-9-3-4-23-18-9/h3-5H,6H2,1-2H3,(H,15,18,20). The van der Waals surface area contributed by atoms with Gasteiger partial charge in [-0.25, -0.2) is 14.3 Å². The van der Waals surface area contributed by atoms with Crippen LogP contribution < -0.4 is 5.32 Å². The Balaban J connectivity index is 1.66. The molecule has 0 spiro atoms. The highest BCUT2D eigenvalue weighted by Crippen LogP contribution is 2.06. The summed E-state index contributed by atoms with van der Waals surface area (Å²) < 4.78 is 10.9. The molecular weight excluding hydrogens is 304 g/mol. The first-order valence-corrected chi connectivity index (χ1v) is 6.61. The SMILES string of the molecule is Cc1cc(C)n2nc(C(=O)OCC(=O)Nc3ccon3)nc2n1. The number of hydrogen-bond donors (Lipinski definition) is 1. The van der Waals surface area contributed by atoms with Crippen LogP contribution in [0.3, 0.4) is 0 Å². The number of amides is 1. The maximum atomic E-state index is 11.9. The average molecular weight is 316 g/mol. The van der Waals surface area contributed by atoms with E-state index in [9.17, 15) is 9.59 Å². The maximum absolute atomic E-state index is 11.9. The van der Waals surface area contributed by atoms with Crippen molar-refractivity contribution in [3.63, 3.8) is 0 Å². The Bertz CT molecular complexity index is 870. The molecule has 10 nitrogen and oxygen atoms in total. The lowest BCUT2D eigenvalue weighted by molar-refractivity contribution is -0.119. The Kier molecular flexibility index (Phi) is 3.71.